The second kappa shape index (κ2) is 11.3. The summed E-state index contributed by atoms with van der Waals surface area (Å²) in [7, 11) is 1.75. The van der Waals surface area contributed by atoms with Crippen LogP contribution in [0.15, 0.2) is 65.8 Å². The molecule has 0 N–H and O–H groups in total. The van der Waals surface area contributed by atoms with Crippen LogP contribution < -0.4 is 9.64 Å². The number of halogens is 2. The van der Waals surface area contributed by atoms with Crippen LogP contribution in [0.1, 0.15) is 24.1 Å². The summed E-state index contributed by atoms with van der Waals surface area (Å²) in [5, 5.41) is 8.71. The Labute approximate surface area is 225 Å². The number of rotatable bonds is 10. The maximum atomic E-state index is 13.4. The topological polar surface area (TPSA) is 91.3 Å². The van der Waals surface area contributed by atoms with Crippen LogP contribution in [-0.4, -0.2) is 57.8 Å². The largest absolute Gasteiger partial charge is 0.429 e. The summed E-state index contributed by atoms with van der Waals surface area (Å²) >= 11 is 0. The molecule has 4 aromatic rings. The van der Waals surface area contributed by atoms with Gasteiger partial charge in [-0.2, -0.15) is 18.9 Å². The SMILES string of the molecule is C=CC(F)(F)Oc1ccc(-c2noc(-c3cc(C)n(Cc4ccnc(N5CCCC(COC)C5)c4)n3)n2)cc1. The number of anilines is 1. The normalized spacial score (nSPS) is 15.9. The number of methoxy groups -OCH3 is 1. The minimum Gasteiger partial charge on any atom is -0.429 e. The van der Waals surface area contributed by atoms with Gasteiger partial charge in [0.25, 0.3) is 5.89 Å². The zero-order chi connectivity index (χ0) is 27.4. The molecule has 3 aromatic heterocycles. The van der Waals surface area contributed by atoms with Gasteiger partial charge in [-0.05, 0) is 73.7 Å². The molecule has 204 valence electrons. The van der Waals surface area contributed by atoms with Crippen LogP contribution in [0.3, 0.4) is 0 Å². The Balaban J connectivity index is 1.28. The lowest BCUT2D eigenvalue weighted by Gasteiger charge is -2.33. The summed E-state index contributed by atoms with van der Waals surface area (Å²) in [4.78, 5) is 11.4. The Kier molecular flexibility index (Phi) is 7.69. The van der Waals surface area contributed by atoms with Gasteiger partial charge in [-0.1, -0.05) is 11.7 Å². The smallest absolute Gasteiger partial charge is 0.419 e. The highest BCUT2D eigenvalue weighted by molar-refractivity contribution is 5.59. The number of piperidine rings is 1. The van der Waals surface area contributed by atoms with Crippen molar-refractivity contribution in [1.29, 1.82) is 0 Å². The predicted octanol–water partition coefficient (Wildman–Crippen LogP) is 5.37. The lowest BCUT2D eigenvalue weighted by Crippen LogP contribution is -2.37. The number of ether oxygens (including phenoxy) is 2. The van der Waals surface area contributed by atoms with Crippen molar-refractivity contribution in [3.05, 3.63) is 72.6 Å². The quantitative estimate of drug-likeness (QED) is 0.250. The van der Waals surface area contributed by atoms with E-state index in [0.717, 1.165) is 43.2 Å². The molecule has 9 nitrogen and oxygen atoms in total. The Hall–Kier alpha value is -4.12. The molecule has 0 amide bonds. The molecule has 1 aliphatic rings. The molecule has 11 heteroatoms. The first-order chi connectivity index (χ1) is 18.8. The third-order valence-electron chi connectivity index (χ3n) is 6.62. The number of nitrogens with zero attached hydrogens (tertiary/aromatic N) is 6. The maximum Gasteiger partial charge on any atom is 0.419 e. The first-order valence-electron chi connectivity index (χ1n) is 12.7. The van der Waals surface area contributed by atoms with Crippen LogP contribution in [0.2, 0.25) is 0 Å². The van der Waals surface area contributed by atoms with E-state index in [0.29, 0.717) is 35.6 Å². The van der Waals surface area contributed by atoms with Crippen LogP contribution >= 0.6 is 0 Å². The van der Waals surface area contributed by atoms with Gasteiger partial charge >= 0.3 is 6.11 Å². The van der Waals surface area contributed by atoms with Gasteiger partial charge in [0.15, 0.2) is 5.69 Å². The molecule has 4 heterocycles. The number of benzene rings is 1. The molecule has 1 aliphatic heterocycles. The van der Waals surface area contributed by atoms with Crippen LogP contribution in [0.5, 0.6) is 5.75 Å². The lowest BCUT2D eigenvalue weighted by atomic mass is 9.99. The summed E-state index contributed by atoms with van der Waals surface area (Å²) < 4.78 is 44.0. The van der Waals surface area contributed by atoms with E-state index in [-0.39, 0.29) is 11.6 Å². The highest BCUT2D eigenvalue weighted by atomic mass is 19.3. The van der Waals surface area contributed by atoms with Gasteiger partial charge in [0.2, 0.25) is 5.82 Å². The molecule has 0 spiro atoms. The van der Waals surface area contributed by atoms with E-state index in [1.165, 1.54) is 18.6 Å². The fourth-order valence-corrected chi connectivity index (χ4v) is 4.64. The first kappa shape index (κ1) is 26.5. The van der Waals surface area contributed by atoms with Gasteiger partial charge in [-0.15, -0.1) is 0 Å². The molecule has 5 rings (SSSR count). The van der Waals surface area contributed by atoms with E-state index in [2.05, 4.69) is 42.5 Å². The predicted molar refractivity (Wildman–Crippen MR) is 142 cm³/mol. The summed E-state index contributed by atoms with van der Waals surface area (Å²) in [5.41, 5.74) is 3.16. The molecule has 0 aliphatic carbocycles. The standard InChI is InChI=1S/C28H30F2N6O3/c1-4-28(29,30)38-23-9-7-22(8-10-23)26-32-27(39-34-26)24-14-19(2)36(33-24)17-20-11-12-31-25(15-20)35-13-5-6-21(16-35)18-37-3/h4,7-12,14-15,21H,1,5-6,13,16-18H2,2-3H3. The zero-order valence-electron chi connectivity index (χ0n) is 21.9. The van der Waals surface area contributed by atoms with Crippen molar-refractivity contribution in [3.8, 4) is 28.7 Å². The van der Waals surface area contributed by atoms with Crippen molar-refractivity contribution in [2.24, 2.45) is 5.92 Å². The van der Waals surface area contributed by atoms with Crippen molar-refractivity contribution >= 4 is 5.82 Å². The van der Waals surface area contributed by atoms with Gasteiger partial charge < -0.3 is 18.9 Å². The van der Waals surface area contributed by atoms with E-state index in [4.69, 9.17) is 9.26 Å². The average Bonchev–Trinajstić information content (AvgIpc) is 3.57. The second-order valence-electron chi connectivity index (χ2n) is 9.58. The Morgan fingerprint density at radius 1 is 1.21 bits per heavy atom. The fourth-order valence-electron chi connectivity index (χ4n) is 4.64. The summed E-state index contributed by atoms with van der Waals surface area (Å²) in [5.74, 6) is 2.04. The number of alkyl halides is 2. The Bertz CT molecular complexity index is 1420. The second-order valence-corrected chi connectivity index (χ2v) is 9.58. The van der Waals surface area contributed by atoms with Gasteiger partial charge in [0, 0.05) is 43.7 Å². The number of pyridine rings is 1. The van der Waals surface area contributed by atoms with Crippen molar-refractivity contribution in [3.63, 3.8) is 0 Å². The Morgan fingerprint density at radius 2 is 2.03 bits per heavy atom. The number of aromatic nitrogens is 5. The van der Waals surface area contributed by atoms with Gasteiger partial charge in [0.1, 0.15) is 11.6 Å². The van der Waals surface area contributed by atoms with Crippen molar-refractivity contribution in [2.45, 2.75) is 32.4 Å². The van der Waals surface area contributed by atoms with Gasteiger partial charge in [0.05, 0.1) is 13.2 Å². The third kappa shape index (κ3) is 6.31. The molecular formula is C28H30F2N6O3. The molecule has 39 heavy (non-hydrogen) atoms. The van der Waals surface area contributed by atoms with Gasteiger partial charge in [-0.25, -0.2) is 4.98 Å². The molecule has 0 bridgehead atoms. The molecule has 1 atom stereocenters. The number of aryl methyl sites for hydroxylation is 1. The van der Waals surface area contributed by atoms with Crippen LogP contribution in [0.25, 0.3) is 23.0 Å². The van der Waals surface area contributed by atoms with E-state index < -0.39 is 6.11 Å². The molecule has 1 unspecified atom stereocenters. The molecule has 1 aromatic carbocycles. The molecule has 1 saturated heterocycles. The van der Waals surface area contributed by atoms with E-state index in [9.17, 15) is 8.78 Å². The number of hydrogen-bond acceptors (Lipinski definition) is 8. The van der Waals surface area contributed by atoms with Crippen molar-refractivity contribution in [1.82, 2.24) is 24.9 Å². The molecule has 0 saturated carbocycles. The van der Waals surface area contributed by atoms with Gasteiger partial charge in [-0.3, -0.25) is 4.68 Å². The maximum absolute atomic E-state index is 13.4. The summed E-state index contributed by atoms with van der Waals surface area (Å²) in [6.07, 6.45) is 1.12. The highest BCUT2D eigenvalue weighted by Gasteiger charge is 2.26. The monoisotopic (exact) mass is 536 g/mol. The molecular weight excluding hydrogens is 506 g/mol. The third-order valence-corrected chi connectivity index (χ3v) is 6.62. The zero-order valence-corrected chi connectivity index (χ0v) is 21.9. The van der Waals surface area contributed by atoms with E-state index >= 15 is 0 Å². The molecule has 1 fully saturated rings. The van der Waals surface area contributed by atoms with Crippen LogP contribution in [-0.2, 0) is 11.3 Å². The first-order valence-corrected chi connectivity index (χ1v) is 12.7. The summed E-state index contributed by atoms with van der Waals surface area (Å²) in [6, 6.07) is 12.0. The van der Waals surface area contributed by atoms with Crippen LogP contribution in [0.4, 0.5) is 14.6 Å². The highest BCUT2D eigenvalue weighted by Crippen LogP contribution is 2.27. The van der Waals surface area contributed by atoms with E-state index in [1.807, 2.05) is 29.9 Å². The van der Waals surface area contributed by atoms with Crippen molar-refractivity contribution in [2.75, 3.05) is 31.7 Å². The molecule has 0 radical (unpaired) electrons. The minimum atomic E-state index is -3.45. The van der Waals surface area contributed by atoms with Crippen molar-refractivity contribution < 1.29 is 22.8 Å². The summed E-state index contributed by atoms with van der Waals surface area (Å²) in [6.45, 7) is 8.28. The van der Waals surface area contributed by atoms with E-state index in [1.54, 1.807) is 19.2 Å². The Morgan fingerprint density at radius 3 is 2.79 bits per heavy atom. The average molecular weight is 537 g/mol. The number of hydrogen-bond donors (Lipinski definition) is 0. The lowest BCUT2D eigenvalue weighted by molar-refractivity contribution is -0.131. The van der Waals surface area contributed by atoms with Crippen LogP contribution in [0, 0.1) is 12.8 Å². The minimum absolute atomic E-state index is 0.00362. The fraction of sp³-hybridized carbons (Fsp3) is 0.357.